The monoisotopic (exact) mass is 219 g/mol. The van der Waals surface area contributed by atoms with Crippen LogP contribution >= 0.6 is 0 Å². The first-order chi connectivity index (χ1) is 7.79. The van der Waals surface area contributed by atoms with E-state index in [1.165, 1.54) is 5.56 Å². The molecule has 0 radical (unpaired) electrons. The van der Waals surface area contributed by atoms with Crippen LogP contribution in [-0.2, 0) is 13.1 Å². The van der Waals surface area contributed by atoms with Crippen molar-refractivity contribution in [2.24, 2.45) is 0 Å². The van der Waals surface area contributed by atoms with Gasteiger partial charge in [0.1, 0.15) is 11.5 Å². The van der Waals surface area contributed by atoms with Crippen LogP contribution in [0.4, 0.5) is 0 Å². The van der Waals surface area contributed by atoms with Gasteiger partial charge in [0.25, 0.3) is 0 Å². The Morgan fingerprint density at radius 2 is 2.38 bits per heavy atom. The van der Waals surface area contributed by atoms with Crippen molar-refractivity contribution >= 4 is 0 Å². The maximum atomic E-state index is 5.68. The number of rotatable bonds is 5. The average molecular weight is 219 g/mol. The number of hydrogen-bond acceptors (Lipinski definition) is 3. The Labute approximate surface area is 95.3 Å². The van der Waals surface area contributed by atoms with Crippen LogP contribution in [0.1, 0.15) is 24.0 Å². The molecule has 2 heterocycles. The SMILES string of the molecule is CCNCc1cc(Cn2cccn2)oc1C. The third-order valence-corrected chi connectivity index (χ3v) is 2.51. The van der Waals surface area contributed by atoms with Gasteiger partial charge in [0.15, 0.2) is 0 Å². The van der Waals surface area contributed by atoms with Crippen LogP contribution in [-0.4, -0.2) is 16.3 Å². The predicted molar refractivity (Wildman–Crippen MR) is 62.2 cm³/mol. The number of aromatic nitrogens is 2. The van der Waals surface area contributed by atoms with Crippen molar-refractivity contribution in [2.45, 2.75) is 26.9 Å². The van der Waals surface area contributed by atoms with Crippen LogP contribution in [0.3, 0.4) is 0 Å². The minimum Gasteiger partial charge on any atom is -0.464 e. The Bertz CT molecular complexity index is 431. The third kappa shape index (κ3) is 2.52. The van der Waals surface area contributed by atoms with Gasteiger partial charge in [0.05, 0.1) is 6.54 Å². The summed E-state index contributed by atoms with van der Waals surface area (Å²) in [6, 6.07) is 4.01. The topological polar surface area (TPSA) is 43.0 Å². The van der Waals surface area contributed by atoms with Gasteiger partial charge in [-0.1, -0.05) is 6.92 Å². The smallest absolute Gasteiger partial charge is 0.125 e. The molecule has 2 rings (SSSR count). The molecular weight excluding hydrogens is 202 g/mol. The zero-order valence-electron chi connectivity index (χ0n) is 9.73. The summed E-state index contributed by atoms with van der Waals surface area (Å²) in [5, 5.41) is 7.45. The van der Waals surface area contributed by atoms with Crippen LogP contribution < -0.4 is 5.32 Å². The lowest BCUT2D eigenvalue weighted by Gasteiger charge is -1.97. The van der Waals surface area contributed by atoms with Crippen molar-refractivity contribution < 1.29 is 4.42 Å². The van der Waals surface area contributed by atoms with Crippen molar-refractivity contribution in [1.29, 1.82) is 0 Å². The van der Waals surface area contributed by atoms with E-state index in [1.54, 1.807) is 6.20 Å². The summed E-state index contributed by atoms with van der Waals surface area (Å²) in [4.78, 5) is 0. The molecule has 0 aliphatic heterocycles. The van der Waals surface area contributed by atoms with E-state index in [0.29, 0.717) is 6.54 Å². The summed E-state index contributed by atoms with van der Waals surface area (Å²) in [7, 11) is 0. The summed E-state index contributed by atoms with van der Waals surface area (Å²) < 4.78 is 7.54. The minimum atomic E-state index is 0.694. The van der Waals surface area contributed by atoms with Gasteiger partial charge in [-0.3, -0.25) is 4.68 Å². The van der Waals surface area contributed by atoms with E-state index in [9.17, 15) is 0 Å². The molecule has 4 heteroatoms. The molecule has 0 spiro atoms. The summed E-state index contributed by atoms with van der Waals surface area (Å²) in [5.74, 6) is 1.94. The Morgan fingerprint density at radius 3 is 3.06 bits per heavy atom. The van der Waals surface area contributed by atoms with E-state index in [4.69, 9.17) is 4.42 Å². The highest BCUT2D eigenvalue weighted by molar-refractivity contribution is 5.20. The normalized spacial score (nSPS) is 10.9. The number of furan rings is 1. The van der Waals surface area contributed by atoms with Gasteiger partial charge in [0.2, 0.25) is 0 Å². The van der Waals surface area contributed by atoms with Gasteiger partial charge in [0, 0.05) is 24.5 Å². The van der Waals surface area contributed by atoms with E-state index in [1.807, 2.05) is 23.9 Å². The molecule has 2 aromatic heterocycles. The fourth-order valence-electron chi connectivity index (χ4n) is 1.65. The van der Waals surface area contributed by atoms with Crippen molar-refractivity contribution in [2.75, 3.05) is 6.54 Å². The van der Waals surface area contributed by atoms with Crippen LogP contribution in [0.5, 0.6) is 0 Å². The molecule has 4 nitrogen and oxygen atoms in total. The second kappa shape index (κ2) is 4.99. The van der Waals surface area contributed by atoms with Gasteiger partial charge < -0.3 is 9.73 Å². The molecule has 0 aliphatic carbocycles. The third-order valence-electron chi connectivity index (χ3n) is 2.51. The van der Waals surface area contributed by atoms with E-state index >= 15 is 0 Å². The van der Waals surface area contributed by atoms with E-state index in [-0.39, 0.29) is 0 Å². The van der Waals surface area contributed by atoms with Crippen molar-refractivity contribution in [3.05, 3.63) is 41.6 Å². The lowest BCUT2D eigenvalue weighted by atomic mass is 10.2. The molecule has 0 unspecified atom stereocenters. The number of aryl methyl sites for hydroxylation is 1. The molecule has 0 fully saturated rings. The summed E-state index contributed by atoms with van der Waals surface area (Å²) >= 11 is 0. The molecule has 0 saturated carbocycles. The highest BCUT2D eigenvalue weighted by atomic mass is 16.3. The molecule has 16 heavy (non-hydrogen) atoms. The zero-order chi connectivity index (χ0) is 11.4. The Hall–Kier alpha value is -1.55. The maximum absolute atomic E-state index is 5.68. The minimum absolute atomic E-state index is 0.694. The van der Waals surface area contributed by atoms with Gasteiger partial charge in [-0.2, -0.15) is 5.10 Å². The van der Waals surface area contributed by atoms with Gasteiger partial charge >= 0.3 is 0 Å². The highest BCUT2D eigenvalue weighted by Crippen LogP contribution is 2.15. The molecular formula is C12H17N3O. The number of nitrogens with zero attached hydrogens (tertiary/aromatic N) is 2. The van der Waals surface area contributed by atoms with E-state index in [0.717, 1.165) is 24.6 Å². The molecule has 86 valence electrons. The van der Waals surface area contributed by atoms with Crippen molar-refractivity contribution in [3.63, 3.8) is 0 Å². The summed E-state index contributed by atoms with van der Waals surface area (Å²) in [6.07, 6.45) is 3.71. The zero-order valence-corrected chi connectivity index (χ0v) is 9.73. The summed E-state index contributed by atoms with van der Waals surface area (Å²) in [6.45, 7) is 6.63. The fraction of sp³-hybridized carbons (Fsp3) is 0.417. The van der Waals surface area contributed by atoms with Crippen molar-refractivity contribution in [3.8, 4) is 0 Å². The quantitative estimate of drug-likeness (QED) is 0.835. The Kier molecular flexibility index (Phi) is 3.41. The van der Waals surface area contributed by atoms with Gasteiger partial charge in [-0.15, -0.1) is 0 Å². The lowest BCUT2D eigenvalue weighted by molar-refractivity contribution is 0.456. The Balaban J connectivity index is 2.05. The van der Waals surface area contributed by atoms with Crippen LogP contribution in [0.25, 0.3) is 0 Å². The van der Waals surface area contributed by atoms with Crippen LogP contribution in [0.15, 0.2) is 28.9 Å². The fourth-order valence-corrected chi connectivity index (χ4v) is 1.65. The predicted octanol–water partition coefficient (Wildman–Crippen LogP) is 1.94. The van der Waals surface area contributed by atoms with Crippen LogP contribution in [0, 0.1) is 6.92 Å². The molecule has 0 bridgehead atoms. The molecule has 0 aliphatic rings. The number of hydrogen-bond donors (Lipinski definition) is 1. The molecule has 0 aromatic carbocycles. The standard InChI is InChI=1S/C12H17N3O/c1-3-13-8-11-7-12(16-10(11)2)9-15-6-4-5-14-15/h4-7,13H,3,8-9H2,1-2H3. The van der Waals surface area contributed by atoms with Crippen molar-refractivity contribution in [1.82, 2.24) is 15.1 Å². The van der Waals surface area contributed by atoms with E-state index in [2.05, 4.69) is 23.4 Å². The van der Waals surface area contributed by atoms with E-state index < -0.39 is 0 Å². The Morgan fingerprint density at radius 1 is 1.50 bits per heavy atom. The maximum Gasteiger partial charge on any atom is 0.125 e. The molecule has 1 N–H and O–H groups in total. The average Bonchev–Trinajstić information content (AvgIpc) is 2.86. The number of nitrogens with one attached hydrogen (secondary N) is 1. The van der Waals surface area contributed by atoms with Crippen LogP contribution in [0.2, 0.25) is 0 Å². The van der Waals surface area contributed by atoms with Gasteiger partial charge in [-0.25, -0.2) is 0 Å². The molecule has 0 saturated heterocycles. The first-order valence-electron chi connectivity index (χ1n) is 5.56. The highest BCUT2D eigenvalue weighted by Gasteiger charge is 2.07. The second-order valence-electron chi connectivity index (χ2n) is 3.78. The first kappa shape index (κ1) is 11.0. The summed E-state index contributed by atoms with van der Waals surface area (Å²) in [5.41, 5.74) is 1.23. The second-order valence-corrected chi connectivity index (χ2v) is 3.78. The molecule has 0 atom stereocenters. The first-order valence-corrected chi connectivity index (χ1v) is 5.56. The molecule has 0 amide bonds. The largest absolute Gasteiger partial charge is 0.464 e. The lowest BCUT2D eigenvalue weighted by Crippen LogP contribution is -2.11. The molecule has 2 aromatic rings. The van der Waals surface area contributed by atoms with Gasteiger partial charge in [-0.05, 0) is 25.6 Å².